The van der Waals surface area contributed by atoms with E-state index in [1.165, 1.54) is 144 Å². The van der Waals surface area contributed by atoms with Gasteiger partial charge in [0.25, 0.3) is 6.71 Å². The van der Waals surface area contributed by atoms with Crippen LogP contribution in [0, 0.1) is 0 Å². The van der Waals surface area contributed by atoms with Gasteiger partial charge in [-0.1, -0.05) is 202 Å². The van der Waals surface area contributed by atoms with Crippen molar-refractivity contribution in [3.05, 3.63) is 280 Å². The highest BCUT2D eigenvalue weighted by molar-refractivity contribution is 7.30. The van der Waals surface area contributed by atoms with Crippen molar-refractivity contribution >= 4 is 67.9 Å². The number of thiophene rings is 1. The summed E-state index contributed by atoms with van der Waals surface area (Å²) in [6.07, 6.45) is 0. The molecule has 2 aliphatic heterocycles. The second kappa shape index (κ2) is 14.2. The highest BCUT2D eigenvalue weighted by atomic mass is 32.1. The summed E-state index contributed by atoms with van der Waals surface area (Å²) in [5.41, 5.74) is 30.7. The molecule has 2 nitrogen and oxygen atoms in total. The largest absolute Gasteiger partial charge is 0.311 e. The van der Waals surface area contributed by atoms with Crippen LogP contribution in [-0.4, -0.2) is 6.71 Å². The average Bonchev–Trinajstić information content (AvgIpc) is 4.22. The van der Waals surface area contributed by atoms with Crippen LogP contribution < -0.4 is 25.5 Å². The number of benzene rings is 10. The lowest BCUT2D eigenvalue weighted by Crippen LogP contribution is -2.60. The lowest BCUT2D eigenvalue weighted by Gasteiger charge is -2.44. The van der Waals surface area contributed by atoms with Crippen LogP contribution in [-0.2, 0) is 10.8 Å². The highest BCUT2D eigenvalue weighted by Crippen LogP contribution is 2.68. The molecular weight excluding hydrogens is 900 g/mol. The molecule has 3 heterocycles. The number of anilines is 6. The van der Waals surface area contributed by atoms with Crippen LogP contribution in [0.4, 0.5) is 34.1 Å². The monoisotopic (exact) mass is 944 g/mol. The minimum absolute atomic E-state index is 0.0630. The normalized spacial score (nSPS) is 15.2. The predicted octanol–water partition coefficient (Wildman–Crippen LogP) is 15.6. The Morgan fingerprint density at radius 2 is 0.836 bits per heavy atom. The van der Waals surface area contributed by atoms with Gasteiger partial charge in [0.2, 0.25) is 0 Å². The standard InChI is InChI=1S/C69H45BN2S/c1-41(2)42-35-37-44(38-36-42)71-60-33-18-34-61-64(60)70(59-40-58-51(39-62(59)71)49-25-10-14-29-54(49)68(58)52-27-12-6-21-45(52)46-22-7-13-28-53(46)68)67-65(72(61)43-19-4-3-5-20-43)63-50-26-11-17-32-57(50)69(66(63)73-67)55-30-15-8-23-47(55)48-24-9-16-31-56(48)69/h3-41H,1-2H3. The third-order valence-electron chi connectivity index (χ3n) is 17.6. The van der Waals surface area contributed by atoms with E-state index >= 15 is 0 Å². The topological polar surface area (TPSA) is 6.48 Å². The molecule has 6 aliphatic rings. The fourth-order valence-corrected chi connectivity index (χ4v) is 16.6. The number of nitrogens with zero attached hydrogens (tertiary/aromatic N) is 2. The van der Waals surface area contributed by atoms with E-state index in [9.17, 15) is 0 Å². The number of hydrogen-bond acceptors (Lipinski definition) is 3. The maximum Gasteiger partial charge on any atom is 0.264 e. The molecule has 0 fully saturated rings. The van der Waals surface area contributed by atoms with Gasteiger partial charge in [-0.2, -0.15) is 0 Å². The second-order valence-electron chi connectivity index (χ2n) is 21.1. The van der Waals surface area contributed by atoms with Crippen molar-refractivity contribution in [3.8, 4) is 44.5 Å². The number of fused-ring (bicyclic) bond motifs is 25. The lowest BCUT2D eigenvalue weighted by molar-refractivity contribution is 0.794. The van der Waals surface area contributed by atoms with Gasteiger partial charge in [-0.3, -0.25) is 0 Å². The van der Waals surface area contributed by atoms with Crippen LogP contribution in [0.2, 0.25) is 0 Å². The maximum absolute atomic E-state index is 2.69. The first-order chi connectivity index (χ1) is 36.1. The fourth-order valence-electron chi connectivity index (χ4n) is 14.9. The Morgan fingerprint density at radius 1 is 0.384 bits per heavy atom. The summed E-state index contributed by atoms with van der Waals surface area (Å²) < 4.78 is 1.40. The number of rotatable bonds is 3. The number of para-hydroxylation sites is 1. The van der Waals surface area contributed by atoms with Gasteiger partial charge in [0, 0.05) is 43.7 Å². The quantitative estimate of drug-likeness (QED) is 0.163. The van der Waals surface area contributed by atoms with Crippen molar-refractivity contribution in [2.75, 3.05) is 9.80 Å². The molecule has 340 valence electrons. The zero-order valence-corrected chi connectivity index (χ0v) is 41.2. The maximum atomic E-state index is 2.69. The zero-order chi connectivity index (χ0) is 47.9. The molecule has 0 saturated heterocycles. The fraction of sp³-hybridized carbons (Fsp3) is 0.0725. The highest BCUT2D eigenvalue weighted by Gasteiger charge is 2.58. The lowest BCUT2D eigenvalue weighted by atomic mass is 9.36. The van der Waals surface area contributed by atoms with Gasteiger partial charge in [0.1, 0.15) is 0 Å². The van der Waals surface area contributed by atoms with Crippen molar-refractivity contribution < 1.29 is 0 Å². The van der Waals surface area contributed by atoms with E-state index in [0.717, 1.165) is 0 Å². The molecule has 0 unspecified atom stereocenters. The van der Waals surface area contributed by atoms with E-state index in [1.807, 2.05) is 0 Å². The van der Waals surface area contributed by atoms with Gasteiger partial charge < -0.3 is 9.80 Å². The Morgan fingerprint density at radius 3 is 1.38 bits per heavy atom. The van der Waals surface area contributed by atoms with Gasteiger partial charge in [0.05, 0.1) is 16.5 Å². The van der Waals surface area contributed by atoms with Crippen LogP contribution in [0.1, 0.15) is 69.2 Å². The Labute approximate surface area is 430 Å². The first-order valence-electron chi connectivity index (χ1n) is 25.9. The summed E-state index contributed by atoms with van der Waals surface area (Å²) in [5, 5.41) is 0. The number of hydrogen-bond donors (Lipinski definition) is 0. The first kappa shape index (κ1) is 40.2. The van der Waals surface area contributed by atoms with Gasteiger partial charge in [0.15, 0.2) is 0 Å². The Hall–Kier alpha value is -8.44. The molecule has 0 amide bonds. The Kier molecular flexibility index (Phi) is 7.80. The van der Waals surface area contributed by atoms with Crippen LogP contribution in [0.3, 0.4) is 0 Å². The molecule has 0 N–H and O–H groups in total. The summed E-state index contributed by atoms with van der Waals surface area (Å²) in [7, 11) is 0. The molecule has 0 radical (unpaired) electrons. The molecule has 4 aliphatic carbocycles. The van der Waals surface area contributed by atoms with Gasteiger partial charge in [-0.15, -0.1) is 11.3 Å². The molecular formula is C69H45BN2S. The summed E-state index contributed by atoms with van der Waals surface area (Å²) in [6.45, 7) is 4.52. The molecule has 0 saturated carbocycles. The molecule has 17 rings (SSSR count). The summed E-state index contributed by atoms with van der Waals surface area (Å²) in [4.78, 5) is 6.67. The van der Waals surface area contributed by atoms with Crippen LogP contribution in [0.15, 0.2) is 231 Å². The van der Waals surface area contributed by atoms with Crippen molar-refractivity contribution in [2.24, 2.45) is 0 Å². The molecule has 73 heavy (non-hydrogen) atoms. The molecule has 4 heteroatoms. The summed E-state index contributed by atoms with van der Waals surface area (Å²) >= 11 is 2.07. The third-order valence-corrected chi connectivity index (χ3v) is 19.0. The van der Waals surface area contributed by atoms with E-state index in [-0.39, 0.29) is 6.71 Å². The van der Waals surface area contributed by atoms with E-state index < -0.39 is 10.8 Å². The van der Waals surface area contributed by atoms with E-state index in [2.05, 4.69) is 266 Å². The van der Waals surface area contributed by atoms with Gasteiger partial charge in [-0.05, 0) is 143 Å². The molecule has 0 bridgehead atoms. The van der Waals surface area contributed by atoms with E-state index in [0.29, 0.717) is 5.92 Å². The Bertz CT molecular complexity index is 4130. The third kappa shape index (κ3) is 4.74. The second-order valence-corrected chi connectivity index (χ2v) is 22.2. The van der Waals surface area contributed by atoms with Crippen molar-refractivity contribution in [1.29, 1.82) is 0 Å². The van der Waals surface area contributed by atoms with E-state index in [4.69, 9.17) is 0 Å². The molecule has 2 spiro atoms. The molecule has 0 atom stereocenters. The SMILES string of the molecule is CC(C)c1ccc(N2c3cc4c(cc3B3c5sc6c(c5N(c5ccccc5)c5cccc2c53)-c2ccccc2C62c3ccccc3-c3ccccc32)C2(c3ccccc3-c3ccccc32)c2ccccc2-4)cc1. The molecule has 11 aromatic rings. The van der Waals surface area contributed by atoms with Crippen molar-refractivity contribution in [1.82, 2.24) is 0 Å². The van der Waals surface area contributed by atoms with E-state index in [1.54, 1.807) is 0 Å². The predicted molar refractivity (Wildman–Crippen MR) is 305 cm³/mol. The van der Waals surface area contributed by atoms with Crippen LogP contribution >= 0.6 is 11.3 Å². The molecule has 10 aromatic carbocycles. The van der Waals surface area contributed by atoms with Crippen LogP contribution in [0.5, 0.6) is 0 Å². The smallest absolute Gasteiger partial charge is 0.264 e. The minimum atomic E-state index is -0.483. The first-order valence-corrected chi connectivity index (χ1v) is 26.7. The Balaban J connectivity index is 1.03. The van der Waals surface area contributed by atoms with Crippen LogP contribution in [0.25, 0.3) is 44.5 Å². The summed E-state index contributed by atoms with van der Waals surface area (Å²) in [5.74, 6) is 0.426. The average molecular weight is 945 g/mol. The zero-order valence-electron chi connectivity index (χ0n) is 40.4. The van der Waals surface area contributed by atoms with Crippen molar-refractivity contribution in [2.45, 2.75) is 30.6 Å². The van der Waals surface area contributed by atoms with Gasteiger partial charge in [-0.25, -0.2) is 0 Å². The van der Waals surface area contributed by atoms with Crippen molar-refractivity contribution in [3.63, 3.8) is 0 Å². The minimum Gasteiger partial charge on any atom is -0.311 e. The van der Waals surface area contributed by atoms with Gasteiger partial charge >= 0.3 is 0 Å². The molecule has 1 aromatic heterocycles. The summed E-state index contributed by atoms with van der Waals surface area (Å²) in [6, 6.07) is 88.6.